The van der Waals surface area contributed by atoms with Crippen molar-refractivity contribution in [2.75, 3.05) is 0 Å². The Morgan fingerprint density at radius 1 is 1.26 bits per heavy atom. The Kier molecular flexibility index (Phi) is 4.23. The zero-order valence-electron chi connectivity index (χ0n) is 16.8. The normalized spacial score (nSPS) is 19.0. The zero-order chi connectivity index (χ0) is 21.9. The highest BCUT2D eigenvalue weighted by atomic mass is 16.6. The lowest BCUT2D eigenvalue weighted by atomic mass is 9.86. The number of cyclic esters (lactones) is 1. The summed E-state index contributed by atoms with van der Waals surface area (Å²) in [5, 5.41) is 20.7. The van der Waals surface area contributed by atoms with Gasteiger partial charge in [-0.2, -0.15) is 0 Å². The standard InChI is InChI=1S/C23H20N2O6/c1-2-23(30)16-9-18-20-14(10-25(18)21(28)15(16)11-31-22(23)29)8-13-5-3-12(4-6-19(26)27)7-17(13)24-20/h3,5,7-9,30H,2,4,6,10-11H2,1H3,(H,26,27)/t23-/m0/s1. The number of carboxylic acids is 1. The zero-order valence-corrected chi connectivity index (χ0v) is 16.8. The number of hydrogen-bond donors (Lipinski definition) is 2. The van der Waals surface area contributed by atoms with Crippen LogP contribution in [0.5, 0.6) is 0 Å². The summed E-state index contributed by atoms with van der Waals surface area (Å²) in [5.41, 5.74) is 2.04. The highest BCUT2D eigenvalue weighted by molar-refractivity contribution is 5.86. The molecule has 2 N–H and O–H groups in total. The van der Waals surface area contributed by atoms with Gasteiger partial charge in [0.15, 0.2) is 5.60 Å². The average molecular weight is 420 g/mol. The van der Waals surface area contributed by atoms with Crippen LogP contribution in [0, 0.1) is 0 Å². The molecule has 3 aromatic rings. The van der Waals surface area contributed by atoms with E-state index in [1.54, 1.807) is 17.6 Å². The van der Waals surface area contributed by atoms with Crippen LogP contribution < -0.4 is 5.56 Å². The second-order valence-corrected chi connectivity index (χ2v) is 8.02. The average Bonchev–Trinajstić information content (AvgIpc) is 3.11. The van der Waals surface area contributed by atoms with Crippen LogP contribution in [-0.2, 0) is 39.5 Å². The molecule has 0 spiro atoms. The molecule has 158 valence electrons. The van der Waals surface area contributed by atoms with Crippen molar-refractivity contribution in [3.8, 4) is 11.4 Å². The van der Waals surface area contributed by atoms with Crippen molar-refractivity contribution >= 4 is 22.8 Å². The van der Waals surface area contributed by atoms with Gasteiger partial charge in [0.1, 0.15) is 6.61 Å². The molecule has 0 amide bonds. The minimum Gasteiger partial charge on any atom is -0.481 e. The summed E-state index contributed by atoms with van der Waals surface area (Å²) in [4.78, 5) is 41.0. The molecule has 2 aliphatic heterocycles. The number of aliphatic carboxylic acids is 1. The fourth-order valence-electron chi connectivity index (χ4n) is 4.43. The summed E-state index contributed by atoms with van der Waals surface area (Å²) in [6, 6.07) is 9.30. The number of pyridine rings is 2. The van der Waals surface area contributed by atoms with Gasteiger partial charge in [0.05, 0.1) is 29.0 Å². The summed E-state index contributed by atoms with van der Waals surface area (Å²) in [6.45, 7) is 1.85. The number of nitrogens with zero attached hydrogens (tertiary/aromatic N) is 2. The summed E-state index contributed by atoms with van der Waals surface area (Å²) >= 11 is 0. The number of carbonyl (C=O) groups excluding carboxylic acids is 1. The smallest absolute Gasteiger partial charge is 0.343 e. The molecule has 5 rings (SSSR count). The number of carbonyl (C=O) groups is 2. The Hall–Kier alpha value is -3.52. The molecular weight excluding hydrogens is 400 g/mol. The van der Waals surface area contributed by atoms with E-state index < -0.39 is 17.5 Å². The number of rotatable bonds is 4. The lowest BCUT2D eigenvalue weighted by Crippen LogP contribution is -2.44. The first-order valence-corrected chi connectivity index (χ1v) is 10.1. The molecule has 0 aliphatic carbocycles. The first-order valence-electron chi connectivity index (χ1n) is 10.1. The van der Waals surface area contributed by atoms with Crippen LogP contribution in [0.1, 0.15) is 42.0 Å². The van der Waals surface area contributed by atoms with E-state index in [-0.39, 0.29) is 30.6 Å². The molecule has 0 saturated heterocycles. The van der Waals surface area contributed by atoms with E-state index in [0.717, 1.165) is 16.5 Å². The van der Waals surface area contributed by atoms with Gasteiger partial charge in [-0.1, -0.05) is 19.1 Å². The lowest BCUT2D eigenvalue weighted by Gasteiger charge is -2.31. The quantitative estimate of drug-likeness (QED) is 0.485. The predicted octanol–water partition coefficient (Wildman–Crippen LogP) is 2.10. The van der Waals surface area contributed by atoms with E-state index in [1.807, 2.05) is 24.3 Å². The topological polar surface area (TPSA) is 119 Å². The molecule has 8 nitrogen and oxygen atoms in total. The maximum Gasteiger partial charge on any atom is 0.343 e. The Bertz CT molecular complexity index is 1340. The molecule has 4 heterocycles. The third kappa shape index (κ3) is 2.86. The number of aryl methyl sites for hydroxylation is 1. The predicted molar refractivity (Wildman–Crippen MR) is 110 cm³/mol. The van der Waals surface area contributed by atoms with E-state index in [9.17, 15) is 19.5 Å². The Morgan fingerprint density at radius 2 is 2.06 bits per heavy atom. The van der Waals surface area contributed by atoms with Gasteiger partial charge in [-0.3, -0.25) is 9.59 Å². The summed E-state index contributed by atoms with van der Waals surface area (Å²) < 4.78 is 6.68. The van der Waals surface area contributed by atoms with Crippen LogP contribution in [0.4, 0.5) is 0 Å². The molecular formula is C23H20N2O6. The van der Waals surface area contributed by atoms with Crippen molar-refractivity contribution in [2.45, 2.75) is 44.9 Å². The molecule has 8 heteroatoms. The third-order valence-electron chi connectivity index (χ3n) is 6.20. The van der Waals surface area contributed by atoms with Gasteiger partial charge in [0.25, 0.3) is 5.56 Å². The van der Waals surface area contributed by atoms with E-state index >= 15 is 0 Å². The van der Waals surface area contributed by atoms with Gasteiger partial charge >= 0.3 is 11.9 Å². The molecule has 0 unspecified atom stereocenters. The second-order valence-electron chi connectivity index (χ2n) is 8.02. The highest BCUT2D eigenvalue weighted by Crippen LogP contribution is 2.38. The van der Waals surface area contributed by atoms with Crippen LogP contribution in [0.2, 0.25) is 0 Å². The highest BCUT2D eigenvalue weighted by Gasteiger charge is 2.45. The number of hydrogen-bond acceptors (Lipinski definition) is 6. The largest absolute Gasteiger partial charge is 0.481 e. The number of benzene rings is 1. The molecule has 0 saturated carbocycles. The van der Waals surface area contributed by atoms with Gasteiger partial charge in [-0.25, -0.2) is 9.78 Å². The van der Waals surface area contributed by atoms with Gasteiger partial charge in [-0.15, -0.1) is 0 Å². The summed E-state index contributed by atoms with van der Waals surface area (Å²) in [5.74, 6) is -1.61. The van der Waals surface area contributed by atoms with Crippen LogP contribution in [0.15, 0.2) is 35.1 Å². The Morgan fingerprint density at radius 3 is 2.81 bits per heavy atom. The van der Waals surface area contributed by atoms with E-state index in [0.29, 0.717) is 35.4 Å². The van der Waals surface area contributed by atoms with Crippen molar-refractivity contribution in [1.29, 1.82) is 0 Å². The molecule has 0 radical (unpaired) electrons. The van der Waals surface area contributed by atoms with Crippen molar-refractivity contribution in [1.82, 2.24) is 9.55 Å². The second kappa shape index (κ2) is 6.75. The monoisotopic (exact) mass is 420 g/mol. The van der Waals surface area contributed by atoms with Crippen molar-refractivity contribution in [2.24, 2.45) is 0 Å². The first-order chi connectivity index (χ1) is 14.8. The van der Waals surface area contributed by atoms with Crippen LogP contribution in [0.25, 0.3) is 22.3 Å². The summed E-state index contributed by atoms with van der Waals surface area (Å²) in [7, 11) is 0. The van der Waals surface area contributed by atoms with Gasteiger partial charge in [0, 0.05) is 22.9 Å². The maximum absolute atomic E-state index is 13.2. The van der Waals surface area contributed by atoms with E-state index in [4.69, 9.17) is 14.8 Å². The fourth-order valence-corrected chi connectivity index (χ4v) is 4.43. The number of ether oxygens (including phenoxy) is 1. The molecule has 31 heavy (non-hydrogen) atoms. The van der Waals surface area contributed by atoms with E-state index in [2.05, 4.69) is 0 Å². The van der Waals surface area contributed by atoms with E-state index in [1.165, 1.54) is 0 Å². The van der Waals surface area contributed by atoms with Crippen molar-refractivity contribution < 1.29 is 24.5 Å². The first kappa shape index (κ1) is 19.4. The molecule has 2 aromatic heterocycles. The number of fused-ring (bicyclic) bond motifs is 5. The van der Waals surface area contributed by atoms with Crippen LogP contribution in [0.3, 0.4) is 0 Å². The van der Waals surface area contributed by atoms with Crippen molar-refractivity contribution in [3.63, 3.8) is 0 Å². The number of aromatic nitrogens is 2. The summed E-state index contributed by atoms with van der Waals surface area (Å²) in [6.07, 6.45) is 0.526. The van der Waals surface area contributed by atoms with Crippen molar-refractivity contribution in [3.05, 3.63) is 62.9 Å². The molecule has 1 aromatic carbocycles. The molecule has 0 fully saturated rings. The Labute approximate surface area is 176 Å². The SMILES string of the molecule is CC[C@@]1(O)C(=O)OCc2c1cc1n(c2=O)Cc2cc3ccc(CCC(=O)O)cc3nc2-1. The number of aliphatic hydroxyl groups is 1. The molecule has 1 atom stereocenters. The van der Waals surface area contributed by atoms with Gasteiger partial charge < -0.3 is 19.5 Å². The Balaban J connectivity index is 1.67. The third-order valence-corrected chi connectivity index (χ3v) is 6.20. The number of carboxylic acid groups (broad SMARTS) is 1. The molecule has 0 bridgehead atoms. The number of esters is 1. The van der Waals surface area contributed by atoms with Crippen LogP contribution in [-0.4, -0.2) is 31.7 Å². The minimum atomic E-state index is -1.86. The van der Waals surface area contributed by atoms with Crippen LogP contribution >= 0.6 is 0 Å². The molecule has 2 aliphatic rings. The minimum absolute atomic E-state index is 0.0342. The fraction of sp³-hybridized carbons (Fsp3) is 0.304. The van der Waals surface area contributed by atoms with Gasteiger partial charge in [0.2, 0.25) is 0 Å². The van der Waals surface area contributed by atoms with Gasteiger partial charge in [-0.05, 0) is 36.6 Å². The lowest BCUT2D eigenvalue weighted by molar-refractivity contribution is -0.172. The maximum atomic E-state index is 13.2.